The molecule has 2 heteroatoms. The van der Waals surface area contributed by atoms with E-state index in [1.165, 1.54) is 25.8 Å². The van der Waals surface area contributed by atoms with Crippen LogP contribution in [0.2, 0.25) is 0 Å². The molecule has 0 heterocycles. The first kappa shape index (κ1) is 15.0. The Bertz CT molecular complexity index is 314. The molecule has 0 bridgehead atoms. The van der Waals surface area contributed by atoms with Crippen molar-refractivity contribution in [1.82, 2.24) is 4.90 Å². The zero-order chi connectivity index (χ0) is 14.0. The quantitative estimate of drug-likeness (QED) is 0.771. The van der Waals surface area contributed by atoms with Gasteiger partial charge in [0, 0.05) is 25.4 Å². The molecule has 0 aromatic rings. The van der Waals surface area contributed by atoms with E-state index < -0.39 is 0 Å². The van der Waals surface area contributed by atoms with E-state index in [1.54, 1.807) is 0 Å². The Morgan fingerprint density at radius 2 is 1.84 bits per heavy atom. The number of Topliss-reactive ketones (excluding diaryl/α,β-unsaturated/α-hetero) is 1. The van der Waals surface area contributed by atoms with Gasteiger partial charge in [-0.15, -0.1) is 0 Å². The maximum Gasteiger partial charge on any atom is 0.137 e. The lowest BCUT2D eigenvalue weighted by Gasteiger charge is -2.39. The summed E-state index contributed by atoms with van der Waals surface area (Å²) in [5.74, 6) is 2.43. The lowest BCUT2D eigenvalue weighted by molar-refractivity contribution is -0.127. The molecule has 0 aromatic heterocycles. The summed E-state index contributed by atoms with van der Waals surface area (Å²) in [7, 11) is 2.20. The van der Waals surface area contributed by atoms with Gasteiger partial charge in [-0.2, -0.15) is 0 Å². The van der Waals surface area contributed by atoms with Crippen molar-refractivity contribution in [3.05, 3.63) is 0 Å². The predicted octanol–water partition coefficient (Wildman–Crippen LogP) is 3.75. The van der Waals surface area contributed by atoms with Crippen molar-refractivity contribution in [2.45, 2.75) is 59.3 Å². The smallest absolute Gasteiger partial charge is 0.137 e. The van der Waals surface area contributed by atoms with Crippen LogP contribution in [-0.4, -0.2) is 30.8 Å². The Hall–Kier alpha value is -0.370. The average Bonchev–Trinajstić information content (AvgIpc) is 2.25. The molecule has 0 radical (unpaired) electrons. The summed E-state index contributed by atoms with van der Waals surface area (Å²) in [5, 5.41) is 0. The minimum atomic E-state index is 0.294. The van der Waals surface area contributed by atoms with Crippen LogP contribution in [0.15, 0.2) is 0 Å². The topological polar surface area (TPSA) is 20.3 Å². The molecule has 0 spiro atoms. The number of nitrogens with zero attached hydrogens (tertiary/aromatic N) is 1. The SMILES string of the molecule is CN(CC1CCC1)CC1CC(C(C)(C)C)CCC1=O. The Balaban J connectivity index is 1.84. The normalized spacial score (nSPS) is 29.6. The molecule has 0 aliphatic heterocycles. The maximum atomic E-state index is 12.1. The van der Waals surface area contributed by atoms with E-state index >= 15 is 0 Å². The number of hydrogen-bond acceptors (Lipinski definition) is 2. The second-order valence-corrected chi connectivity index (χ2v) is 8.02. The first-order valence-electron chi connectivity index (χ1n) is 8.07. The second kappa shape index (κ2) is 5.95. The van der Waals surface area contributed by atoms with E-state index in [9.17, 15) is 4.79 Å². The Morgan fingerprint density at radius 1 is 1.16 bits per heavy atom. The summed E-state index contributed by atoms with van der Waals surface area (Å²) in [6.45, 7) is 9.15. The van der Waals surface area contributed by atoms with Crippen LogP contribution in [0.1, 0.15) is 59.3 Å². The number of ketones is 1. The number of carbonyl (C=O) groups excluding carboxylic acids is 1. The molecule has 2 aliphatic rings. The number of hydrogen-bond donors (Lipinski definition) is 0. The fourth-order valence-electron chi connectivity index (χ4n) is 3.64. The van der Waals surface area contributed by atoms with Gasteiger partial charge >= 0.3 is 0 Å². The highest BCUT2D eigenvalue weighted by Gasteiger charge is 2.35. The summed E-state index contributed by atoms with van der Waals surface area (Å²) in [5.41, 5.74) is 0.353. The van der Waals surface area contributed by atoms with Gasteiger partial charge in [0.05, 0.1) is 0 Å². The summed E-state index contributed by atoms with van der Waals surface area (Å²) in [4.78, 5) is 14.6. The van der Waals surface area contributed by atoms with Gasteiger partial charge in [0.2, 0.25) is 0 Å². The molecule has 0 saturated heterocycles. The third kappa shape index (κ3) is 4.05. The van der Waals surface area contributed by atoms with E-state index in [4.69, 9.17) is 0 Å². The van der Waals surface area contributed by atoms with E-state index in [0.717, 1.165) is 31.7 Å². The van der Waals surface area contributed by atoms with Crippen molar-refractivity contribution in [3.63, 3.8) is 0 Å². The van der Waals surface area contributed by atoms with Crippen molar-refractivity contribution in [3.8, 4) is 0 Å². The van der Waals surface area contributed by atoms with Crippen molar-refractivity contribution in [2.75, 3.05) is 20.1 Å². The molecule has 2 rings (SSSR count). The van der Waals surface area contributed by atoms with Crippen LogP contribution in [0.4, 0.5) is 0 Å². The molecule has 2 fully saturated rings. The molecule has 2 aliphatic carbocycles. The molecule has 2 saturated carbocycles. The number of rotatable bonds is 4. The van der Waals surface area contributed by atoms with E-state index in [1.807, 2.05) is 0 Å². The first-order chi connectivity index (χ1) is 8.86. The highest BCUT2D eigenvalue weighted by Crippen LogP contribution is 2.39. The average molecular weight is 265 g/mol. The van der Waals surface area contributed by atoms with Crippen LogP contribution in [0.5, 0.6) is 0 Å². The minimum absolute atomic E-state index is 0.294. The third-order valence-electron chi connectivity index (χ3n) is 5.31. The lowest BCUT2D eigenvalue weighted by atomic mass is 9.68. The fourth-order valence-corrected chi connectivity index (χ4v) is 3.64. The monoisotopic (exact) mass is 265 g/mol. The maximum absolute atomic E-state index is 12.1. The predicted molar refractivity (Wildman–Crippen MR) is 80.1 cm³/mol. The van der Waals surface area contributed by atoms with Gasteiger partial charge in [-0.05, 0) is 50.0 Å². The minimum Gasteiger partial charge on any atom is -0.305 e. The molecule has 19 heavy (non-hydrogen) atoms. The zero-order valence-electron chi connectivity index (χ0n) is 13.2. The zero-order valence-corrected chi connectivity index (χ0v) is 13.2. The van der Waals surface area contributed by atoms with Crippen molar-refractivity contribution in [2.24, 2.45) is 23.2 Å². The second-order valence-electron chi connectivity index (χ2n) is 8.02. The molecule has 2 nitrogen and oxygen atoms in total. The molecule has 0 N–H and O–H groups in total. The lowest BCUT2D eigenvalue weighted by Crippen LogP contribution is -2.40. The summed E-state index contributed by atoms with van der Waals surface area (Å²) < 4.78 is 0. The van der Waals surface area contributed by atoms with Gasteiger partial charge in [0.15, 0.2) is 0 Å². The van der Waals surface area contributed by atoms with Crippen molar-refractivity contribution >= 4 is 5.78 Å². The van der Waals surface area contributed by atoms with Crippen molar-refractivity contribution < 1.29 is 4.79 Å². The summed E-state index contributed by atoms with van der Waals surface area (Å²) in [6.07, 6.45) is 7.22. The van der Waals surface area contributed by atoms with Gasteiger partial charge in [0.1, 0.15) is 5.78 Å². The molecule has 110 valence electrons. The largest absolute Gasteiger partial charge is 0.305 e. The molecule has 0 amide bonds. The van der Waals surface area contributed by atoms with Gasteiger partial charge in [0.25, 0.3) is 0 Å². The van der Waals surface area contributed by atoms with Crippen LogP contribution in [0.25, 0.3) is 0 Å². The summed E-state index contributed by atoms with van der Waals surface area (Å²) in [6, 6.07) is 0. The summed E-state index contributed by atoms with van der Waals surface area (Å²) >= 11 is 0. The molecule has 0 aromatic carbocycles. The van der Waals surface area contributed by atoms with E-state index in [-0.39, 0.29) is 0 Å². The van der Waals surface area contributed by atoms with Crippen LogP contribution in [0, 0.1) is 23.2 Å². The van der Waals surface area contributed by atoms with Gasteiger partial charge < -0.3 is 4.90 Å². The van der Waals surface area contributed by atoms with Crippen LogP contribution in [0.3, 0.4) is 0 Å². The Labute approximate surface area is 118 Å². The van der Waals surface area contributed by atoms with Crippen LogP contribution in [-0.2, 0) is 4.79 Å². The fraction of sp³-hybridized carbons (Fsp3) is 0.941. The molecule has 2 atom stereocenters. The van der Waals surface area contributed by atoms with Gasteiger partial charge in [-0.25, -0.2) is 0 Å². The first-order valence-corrected chi connectivity index (χ1v) is 8.07. The highest BCUT2D eigenvalue weighted by molar-refractivity contribution is 5.82. The number of carbonyl (C=O) groups is 1. The van der Waals surface area contributed by atoms with E-state index in [2.05, 4.69) is 32.7 Å². The van der Waals surface area contributed by atoms with Crippen LogP contribution < -0.4 is 0 Å². The molecular formula is C17H31NO. The highest BCUT2D eigenvalue weighted by atomic mass is 16.1. The van der Waals surface area contributed by atoms with E-state index in [0.29, 0.717) is 23.0 Å². The van der Waals surface area contributed by atoms with Crippen LogP contribution >= 0.6 is 0 Å². The Morgan fingerprint density at radius 3 is 2.37 bits per heavy atom. The van der Waals surface area contributed by atoms with Gasteiger partial charge in [-0.1, -0.05) is 27.2 Å². The molecule has 2 unspecified atom stereocenters. The standard InChI is InChI=1S/C17H31NO/c1-17(2,3)15-8-9-16(19)14(10-15)12-18(4)11-13-6-5-7-13/h13-15H,5-12H2,1-4H3. The molecular weight excluding hydrogens is 234 g/mol. The third-order valence-corrected chi connectivity index (χ3v) is 5.31. The van der Waals surface area contributed by atoms with Crippen molar-refractivity contribution in [1.29, 1.82) is 0 Å². The van der Waals surface area contributed by atoms with Gasteiger partial charge in [-0.3, -0.25) is 4.79 Å². The Kier molecular flexibility index (Phi) is 4.70.